The summed E-state index contributed by atoms with van der Waals surface area (Å²) in [6, 6.07) is 7.68. The second-order valence-corrected chi connectivity index (χ2v) is 6.35. The highest BCUT2D eigenvalue weighted by atomic mass is 31.2. The molecule has 0 radical (unpaired) electrons. The first-order valence-electron chi connectivity index (χ1n) is 5.86. The minimum Gasteiger partial charge on any atom is -0.353 e. The Balaban J connectivity index is 2.56. The van der Waals surface area contributed by atoms with E-state index < -0.39 is 13.4 Å². The summed E-state index contributed by atoms with van der Waals surface area (Å²) in [5.74, 6) is 0.0583. The van der Waals surface area contributed by atoms with Crippen molar-refractivity contribution in [3.05, 3.63) is 41.5 Å². The Morgan fingerprint density at radius 1 is 1.21 bits per heavy atom. The van der Waals surface area contributed by atoms with E-state index in [2.05, 4.69) is 10.3 Å². The average molecular weight is 280 g/mol. The molecule has 0 saturated carbocycles. The predicted octanol–water partition coefficient (Wildman–Crippen LogP) is 2.82. The lowest BCUT2D eigenvalue weighted by Gasteiger charge is -2.26. The van der Waals surface area contributed by atoms with E-state index in [9.17, 15) is 4.57 Å². The van der Waals surface area contributed by atoms with Crippen LogP contribution in [-0.4, -0.2) is 27.1 Å². The first kappa shape index (κ1) is 14.0. The molecule has 1 aromatic rings. The zero-order chi connectivity index (χ0) is 13.9. The standard InChI is InChI=1S/C13H17N2O3P/c1-14-12-9-8-10-6-4-5-7-11(10)13(15-12)19(16,17-2)18-3/h4-9,13H,1-3H3,(H,14,15). The summed E-state index contributed by atoms with van der Waals surface area (Å²) in [4.78, 5) is 4.11. The number of amidine groups is 1. The maximum Gasteiger partial charge on any atom is 0.356 e. The predicted molar refractivity (Wildman–Crippen MR) is 76.3 cm³/mol. The minimum absolute atomic E-state index is 0.576. The van der Waals surface area contributed by atoms with Gasteiger partial charge in [-0.1, -0.05) is 30.3 Å². The van der Waals surface area contributed by atoms with Crippen molar-refractivity contribution in [3.63, 3.8) is 0 Å². The van der Waals surface area contributed by atoms with Gasteiger partial charge in [0.05, 0.1) is 0 Å². The molecule has 1 heterocycles. The number of rotatable bonds is 3. The molecule has 1 N–H and O–H groups in total. The zero-order valence-corrected chi connectivity index (χ0v) is 12.1. The van der Waals surface area contributed by atoms with Gasteiger partial charge in [-0.05, 0) is 17.2 Å². The van der Waals surface area contributed by atoms with Gasteiger partial charge in [0.2, 0.25) is 0 Å². The second-order valence-electron chi connectivity index (χ2n) is 4.02. The summed E-state index contributed by atoms with van der Waals surface area (Å²) in [5, 5.41) is 3.11. The highest BCUT2D eigenvalue weighted by Gasteiger charge is 2.37. The van der Waals surface area contributed by atoms with Gasteiger partial charge in [0.25, 0.3) is 0 Å². The number of hydrogen-bond donors (Lipinski definition) is 1. The van der Waals surface area contributed by atoms with Crippen molar-refractivity contribution in [1.82, 2.24) is 5.32 Å². The fourth-order valence-electron chi connectivity index (χ4n) is 2.02. The van der Waals surface area contributed by atoms with Crippen LogP contribution >= 0.6 is 7.60 Å². The van der Waals surface area contributed by atoms with E-state index in [-0.39, 0.29) is 0 Å². The SMILES string of the molecule is CN=C1C=Cc2ccccc2C(P(=O)(OC)OC)N1. The van der Waals surface area contributed by atoms with Gasteiger partial charge in [0.15, 0.2) is 5.78 Å². The van der Waals surface area contributed by atoms with Crippen molar-refractivity contribution in [3.8, 4) is 0 Å². The van der Waals surface area contributed by atoms with Crippen LogP contribution in [-0.2, 0) is 13.6 Å². The Hall–Kier alpha value is -1.42. The molecule has 0 fully saturated rings. The van der Waals surface area contributed by atoms with E-state index >= 15 is 0 Å². The van der Waals surface area contributed by atoms with Crippen LogP contribution in [0.3, 0.4) is 0 Å². The van der Waals surface area contributed by atoms with Crippen molar-refractivity contribution in [1.29, 1.82) is 0 Å². The summed E-state index contributed by atoms with van der Waals surface area (Å²) >= 11 is 0. The van der Waals surface area contributed by atoms with Gasteiger partial charge in [-0.25, -0.2) is 0 Å². The fraction of sp³-hybridized carbons (Fsp3) is 0.308. The summed E-state index contributed by atoms with van der Waals surface area (Å²) in [6.07, 6.45) is 3.77. The molecule has 1 aromatic carbocycles. The Kier molecular flexibility index (Phi) is 4.20. The van der Waals surface area contributed by atoms with Crippen LogP contribution in [0, 0.1) is 0 Å². The van der Waals surface area contributed by atoms with Gasteiger partial charge in [-0.2, -0.15) is 0 Å². The van der Waals surface area contributed by atoms with Crippen LogP contribution in [0.4, 0.5) is 0 Å². The molecule has 0 bridgehead atoms. The number of nitrogens with one attached hydrogen (secondary N) is 1. The van der Waals surface area contributed by atoms with Crippen molar-refractivity contribution < 1.29 is 13.6 Å². The molecule has 102 valence electrons. The molecule has 1 aliphatic heterocycles. The van der Waals surface area contributed by atoms with Crippen molar-refractivity contribution in [2.45, 2.75) is 5.78 Å². The molecule has 6 heteroatoms. The van der Waals surface area contributed by atoms with E-state index in [0.29, 0.717) is 5.84 Å². The average Bonchev–Trinajstić information content (AvgIpc) is 2.66. The van der Waals surface area contributed by atoms with Crippen LogP contribution in [0.2, 0.25) is 0 Å². The molecule has 19 heavy (non-hydrogen) atoms. The normalized spacial score (nSPS) is 20.8. The molecule has 2 rings (SSSR count). The topological polar surface area (TPSA) is 59.9 Å². The maximum atomic E-state index is 12.7. The molecule has 0 spiro atoms. The molecule has 0 saturated heterocycles. The zero-order valence-electron chi connectivity index (χ0n) is 11.2. The monoisotopic (exact) mass is 280 g/mol. The van der Waals surface area contributed by atoms with Gasteiger partial charge < -0.3 is 14.4 Å². The third-order valence-corrected chi connectivity index (χ3v) is 5.12. The molecule has 5 nitrogen and oxygen atoms in total. The Labute approximate surface area is 112 Å². The van der Waals surface area contributed by atoms with Crippen LogP contribution in [0.15, 0.2) is 35.3 Å². The van der Waals surface area contributed by atoms with E-state index in [1.807, 2.05) is 36.4 Å². The maximum absolute atomic E-state index is 12.7. The van der Waals surface area contributed by atoms with Crippen LogP contribution < -0.4 is 5.32 Å². The van der Waals surface area contributed by atoms with Crippen molar-refractivity contribution in [2.24, 2.45) is 4.99 Å². The Bertz CT molecular complexity index is 561. The number of nitrogens with zero attached hydrogens (tertiary/aromatic N) is 1. The molecule has 1 unspecified atom stereocenters. The molecular weight excluding hydrogens is 263 g/mol. The van der Waals surface area contributed by atoms with Gasteiger partial charge in [-0.15, -0.1) is 0 Å². The van der Waals surface area contributed by atoms with E-state index in [0.717, 1.165) is 11.1 Å². The lowest BCUT2D eigenvalue weighted by Crippen LogP contribution is -2.27. The van der Waals surface area contributed by atoms with Gasteiger partial charge >= 0.3 is 7.60 Å². The fourth-order valence-corrected chi connectivity index (χ4v) is 3.46. The smallest absolute Gasteiger partial charge is 0.353 e. The van der Waals surface area contributed by atoms with Gasteiger partial charge in [0.1, 0.15) is 5.84 Å². The third kappa shape index (κ3) is 2.63. The molecule has 1 atom stereocenters. The van der Waals surface area contributed by atoms with Crippen LogP contribution in [0.5, 0.6) is 0 Å². The summed E-state index contributed by atoms with van der Waals surface area (Å²) < 4.78 is 22.9. The Morgan fingerprint density at radius 3 is 2.53 bits per heavy atom. The quantitative estimate of drug-likeness (QED) is 0.865. The Morgan fingerprint density at radius 2 is 1.89 bits per heavy atom. The molecule has 1 aliphatic rings. The molecule has 0 aliphatic carbocycles. The highest BCUT2D eigenvalue weighted by molar-refractivity contribution is 7.54. The lowest BCUT2D eigenvalue weighted by molar-refractivity contribution is 0.263. The van der Waals surface area contributed by atoms with Crippen LogP contribution in [0.1, 0.15) is 16.9 Å². The lowest BCUT2D eigenvalue weighted by atomic mass is 10.1. The summed E-state index contributed by atoms with van der Waals surface area (Å²) in [7, 11) is 1.14. The molecule has 0 amide bonds. The largest absolute Gasteiger partial charge is 0.356 e. The van der Waals surface area contributed by atoms with Crippen molar-refractivity contribution >= 4 is 19.5 Å². The minimum atomic E-state index is -3.30. The summed E-state index contributed by atoms with van der Waals surface area (Å²) in [5.41, 5.74) is 1.83. The molecular formula is C13H17N2O3P. The highest BCUT2D eigenvalue weighted by Crippen LogP contribution is 2.59. The first-order valence-corrected chi connectivity index (χ1v) is 7.47. The van der Waals surface area contributed by atoms with E-state index in [4.69, 9.17) is 9.05 Å². The van der Waals surface area contributed by atoms with E-state index in [1.54, 1.807) is 7.05 Å². The first-order chi connectivity index (χ1) is 9.14. The number of aliphatic imine (C=N–C) groups is 1. The van der Waals surface area contributed by atoms with E-state index in [1.165, 1.54) is 14.2 Å². The third-order valence-electron chi connectivity index (χ3n) is 3.06. The van der Waals surface area contributed by atoms with Crippen molar-refractivity contribution in [2.75, 3.05) is 21.3 Å². The molecule has 0 aromatic heterocycles. The second kappa shape index (κ2) is 5.70. The van der Waals surface area contributed by atoms with Gasteiger partial charge in [0, 0.05) is 21.3 Å². The number of fused-ring (bicyclic) bond motifs is 1. The number of benzene rings is 1. The van der Waals surface area contributed by atoms with Gasteiger partial charge in [-0.3, -0.25) is 9.56 Å². The summed E-state index contributed by atoms with van der Waals surface area (Å²) in [6.45, 7) is 0. The number of hydrogen-bond acceptors (Lipinski definition) is 4. The van der Waals surface area contributed by atoms with Crippen LogP contribution in [0.25, 0.3) is 6.08 Å².